The molecule has 2 atom stereocenters. The number of H-pyrrole nitrogens is 1. The van der Waals surface area contributed by atoms with Gasteiger partial charge in [0, 0.05) is 29.6 Å². The van der Waals surface area contributed by atoms with Gasteiger partial charge < -0.3 is 31.0 Å². The Morgan fingerprint density at radius 2 is 1.94 bits per heavy atom. The highest BCUT2D eigenvalue weighted by Gasteiger charge is 2.22. The Balaban J connectivity index is 1.90. The zero-order chi connectivity index (χ0) is 25.8. The third-order valence-electron chi connectivity index (χ3n) is 5.72. The third kappa shape index (κ3) is 8.36. The van der Waals surface area contributed by atoms with Crippen LogP contribution in [0, 0.1) is 11.7 Å². The maximum atomic E-state index is 14.5. The standard InChI is InChI=1S/C24H34FN5O4S/c1-4-15(2)22(26-3)23(34)29-14-20(33)28-11-13-35-24-16(8-9-19(32)27-10-12-31)21-17(25)6-5-7-18(21)30-24/h5-7,12,15,22,26,30H,4,8-11,13-14H2,1-3H3,(H,27,32)(H,28,33)(H,29,34). The molecule has 0 aliphatic carbocycles. The maximum absolute atomic E-state index is 14.5. The number of hydrogen-bond acceptors (Lipinski definition) is 6. The number of fused-ring (bicyclic) bond motifs is 1. The molecule has 11 heteroatoms. The molecule has 35 heavy (non-hydrogen) atoms. The summed E-state index contributed by atoms with van der Waals surface area (Å²) < 4.78 is 14.5. The van der Waals surface area contributed by atoms with Crippen LogP contribution < -0.4 is 21.3 Å². The summed E-state index contributed by atoms with van der Waals surface area (Å²) in [6.07, 6.45) is 1.86. The fraction of sp³-hybridized carbons (Fsp3) is 0.500. The van der Waals surface area contributed by atoms with Crippen LogP contribution in [0.25, 0.3) is 10.9 Å². The van der Waals surface area contributed by atoms with E-state index in [1.165, 1.54) is 17.8 Å². The highest BCUT2D eigenvalue weighted by atomic mass is 32.2. The number of halogens is 1. The number of nitrogens with one attached hydrogen (secondary N) is 5. The summed E-state index contributed by atoms with van der Waals surface area (Å²) in [4.78, 5) is 50.0. The predicted molar refractivity (Wildman–Crippen MR) is 135 cm³/mol. The summed E-state index contributed by atoms with van der Waals surface area (Å²) in [5, 5.41) is 12.0. The Labute approximate surface area is 208 Å². The van der Waals surface area contributed by atoms with Crippen LogP contribution in [0.4, 0.5) is 4.39 Å². The topological polar surface area (TPSA) is 132 Å². The molecule has 3 amide bonds. The molecule has 0 aliphatic heterocycles. The van der Waals surface area contributed by atoms with Crippen LogP contribution in [0.15, 0.2) is 23.2 Å². The van der Waals surface area contributed by atoms with Crippen molar-refractivity contribution in [1.82, 2.24) is 26.3 Å². The number of aromatic amines is 1. The average molecular weight is 508 g/mol. The number of amides is 3. The van der Waals surface area contributed by atoms with Crippen molar-refractivity contribution in [3.05, 3.63) is 29.6 Å². The van der Waals surface area contributed by atoms with E-state index in [0.717, 1.165) is 11.4 Å². The Bertz CT molecular complexity index is 1030. The Morgan fingerprint density at radius 1 is 1.17 bits per heavy atom. The first-order valence-corrected chi connectivity index (χ1v) is 12.6. The van der Waals surface area contributed by atoms with Gasteiger partial charge >= 0.3 is 0 Å². The fourth-order valence-electron chi connectivity index (χ4n) is 3.68. The van der Waals surface area contributed by atoms with Gasteiger partial charge in [-0.25, -0.2) is 4.39 Å². The summed E-state index contributed by atoms with van der Waals surface area (Å²) in [7, 11) is 1.72. The number of carbonyl (C=O) groups excluding carboxylic acids is 4. The van der Waals surface area contributed by atoms with Crippen molar-refractivity contribution < 1.29 is 23.6 Å². The maximum Gasteiger partial charge on any atom is 0.239 e. The number of carbonyl (C=O) groups is 4. The van der Waals surface area contributed by atoms with Crippen LogP contribution in [0.3, 0.4) is 0 Å². The van der Waals surface area contributed by atoms with E-state index in [4.69, 9.17) is 0 Å². The average Bonchev–Trinajstić information content (AvgIpc) is 3.21. The molecule has 0 saturated heterocycles. The van der Waals surface area contributed by atoms with Crippen molar-refractivity contribution >= 4 is 46.7 Å². The number of hydrogen-bond donors (Lipinski definition) is 5. The van der Waals surface area contributed by atoms with Gasteiger partial charge in [0.1, 0.15) is 12.1 Å². The summed E-state index contributed by atoms with van der Waals surface area (Å²) in [6, 6.07) is 4.39. The minimum atomic E-state index is -0.379. The molecule has 2 unspecified atom stereocenters. The highest BCUT2D eigenvalue weighted by Crippen LogP contribution is 2.32. The third-order valence-corrected chi connectivity index (χ3v) is 6.77. The minimum Gasteiger partial charge on any atom is -0.354 e. The predicted octanol–water partition coefficient (Wildman–Crippen LogP) is 1.51. The molecule has 0 bridgehead atoms. The molecule has 2 rings (SSSR count). The molecule has 0 radical (unpaired) electrons. The number of aldehydes is 1. The molecular weight excluding hydrogens is 473 g/mol. The first-order chi connectivity index (χ1) is 16.8. The van der Waals surface area contributed by atoms with Crippen LogP contribution >= 0.6 is 11.8 Å². The van der Waals surface area contributed by atoms with E-state index in [9.17, 15) is 23.6 Å². The number of aryl methyl sites for hydroxylation is 1. The summed E-state index contributed by atoms with van der Waals surface area (Å²) in [5.74, 6) is -0.534. The van der Waals surface area contributed by atoms with Gasteiger partial charge in [0.15, 0.2) is 0 Å². The van der Waals surface area contributed by atoms with Crippen LogP contribution in [-0.4, -0.2) is 67.5 Å². The zero-order valence-corrected chi connectivity index (χ0v) is 21.1. The molecule has 0 spiro atoms. The molecule has 192 valence electrons. The van der Waals surface area contributed by atoms with Crippen molar-refractivity contribution in [3.8, 4) is 0 Å². The van der Waals surface area contributed by atoms with E-state index in [0.29, 0.717) is 41.5 Å². The number of thioether (sulfide) groups is 1. The number of rotatable bonds is 15. The van der Waals surface area contributed by atoms with Gasteiger partial charge in [-0.1, -0.05) is 26.3 Å². The SMILES string of the molecule is CCC(C)C(NC)C(=O)NCC(=O)NCCSc1[nH]c2cccc(F)c2c1CCC(=O)NCC=O. The Hall–Kier alpha value is -2.92. The van der Waals surface area contributed by atoms with Gasteiger partial charge in [-0.05, 0) is 37.1 Å². The number of benzene rings is 1. The number of aromatic nitrogens is 1. The zero-order valence-electron chi connectivity index (χ0n) is 20.3. The van der Waals surface area contributed by atoms with Crippen LogP contribution in [0.5, 0.6) is 0 Å². The molecule has 0 aliphatic rings. The Morgan fingerprint density at radius 3 is 2.63 bits per heavy atom. The molecule has 1 aromatic carbocycles. The smallest absolute Gasteiger partial charge is 0.239 e. The lowest BCUT2D eigenvalue weighted by Gasteiger charge is -2.21. The summed E-state index contributed by atoms with van der Waals surface area (Å²) >= 11 is 1.41. The fourth-order valence-corrected chi connectivity index (χ4v) is 4.65. The lowest BCUT2D eigenvalue weighted by Crippen LogP contribution is -2.49. The largest absolute Gasteiger partial charge is 0.354 e. The molecule has 5 N–H and O–H groups in total. The van der Waals surface area contributed by atoms with Crippen molar-refractivity contribution in [1.29, 1.82) is 0 Å². The van der Waals surface area contributed by atoms with Crippen molar-refractivity contribution in [2.45, 2.75) is 44.2 Å². The molecule has 0 fully saturated rings. The summed E-state index contributed by atoms with van der Waals surface area (Å²) in [5.41, 5.74) is 1.31. The van der Waals surface area contributed by atoms with E-state index in [1.54, 1.807) is 19.2 Å². The lowest BCUT2D eigenvalue weighted by molar-refractivity contribution is -0.128. The van der Waals surface area contributed by atoms with E-state index in [2.05, 4.69) is 26.3 Å². The molecule has 2 aromatic rings. The van der Waals surface area contributed by atoms with Gasteiger partial charge in [-0.15, -0.1) is 11.8 Å². The van der Waals surface area contributed by atoms with Crippen molar-refractivity contribution in [3.63, 3.8) is 0 Å². The monoisotopic (exact) mass is 507 g/mol. The highest BCUT2D eigenvalue weighted by molar-refractivity contribution is 7.99. The summed E-state index contributed by atoms with van der Waals surface area (Å²) in [6.45, 7) is 4.15. The van der Waals surface area contributed by atoms with Gasteiger partial charge in [0.2, 0.25) is 17.7 Å². The van der Waals surface area contributed by atoms with E-state index in [-0.39, 0.29) is 55.0 Å². The molecule has 1 aromatic heterocycles. The second-order valence-electron chi connectivity index (χ2n) is 8.13. The molecular formula is C24H34FN5O4S. The van der Waals surface area contributed by atoms with E-state index in [1.807, 2.05) is 13.8 Å². The van der Waals surface area contributed by atoms with Gasteiger partial charge in [-0.2, -0.15) is 0 Å². The van der Waals surface area contributed by atoms with E-state index >= 15 is 0 Å². The molecule has 9 nitrogen and oxygen atoms in total. The quantitative estimate of drug-likeness (QED) is 0.141. The number of likely N-dealkylation sites (N-methyl/N-ethyl adjacent to an activating group) is 1. The van der Waals surface area contributed by atoms with Crippen LogP contribution in [0.2, 0.25) is 0 Å². The normalized spacial score (nSPS) is 12.7. The van der Waals surface area contributed by atoms with E-state index < -0.39 is 0 Å². The second kappa shape index (κ2) is 14.5. The Kier molecular flexibility index (Phi) is 11.7. The molecule has 1 heterocycles. The van der Waals surface area contributed by atoms with Crippen molar-refractivity contribution in [2.75, 3.05) is 32.4 Å². The van der Waals surface area contributed by atoms with Gasteiger partial charge in [-0.3, -0.25) is 14.4 Å². The lowest BCUT2D eigenvalue weighted by atomic mass is 9.99. The van der Waals surface area contributed by atoms with Crippen LogP contribution in [0.1, 0.15) is 32.3 Å². The van der Waals surface area contributed by atoms with Gasteiger partial charge in [0.05, 0.1) is 24.2 Å². The van der Waals surface area contributed by atoms with Crippen molar-refractivity contribution in [2.24, 2.45) is 5.92 Å². The minimum absolute atomic E-state index is 0.0594. The molecule has 0 saturated carbocycles. The van der Waals surface area contributed by atoms with Crippen LogP contribution in [-0.2, 0) is 25.6 Å². The second-order valence-corrected chi connectivity index (χ2v) is 9.24. The van der Waals surface area contributed by atoms with Gasteiger partial charge in [0.25, 0.3) is 0 Å². The first-order valence-electron chi connectivity index (χ1n) is 11.7. The first kappa shape index (κ1) is 28.3.